The van der Waals surface area contributed by atoms with Crippen LogP contribution in [0.5, 0.6) is 0 Å². The van der Waals surface area contributed by atoms with Crippen molar-refractivity contribution >= 4 is 12.1 Å². The molecule has 0 aliphatic carbocycles. The van der Waals surface area contributed by atoms with Crippen molar-refractivity contribution < 1.29 is 19.4 Å². The third-order valence-corrected chi connectivity index (χ3v) is 2.54. The Kier molecular flexibility index (Phi) is 5.04. The van der Waals surface area contributed by atoms with Crippen molar-refractivity contribution in [2.24, 2.45) is 0 Å². The molecule has 1 rings (SSSR count). The van der Waals surface area contributed by atoms with E-state index >= 15 is 0 Å². The Hall–Kier alpha value is -1.30. The minimum atomic E-state index is -0.784. The first-order valence-corrected chi connectivity index (χ1v) is 5.49. The first-order valence-electron chi connectivity index (χ1n) is 5.49. The van der Waals surface area contributed by atoms with E-state index in [9.17, 15) is 9.59 Å². The largest absolute Gasteiger partial charge is 0.481 e. The van der Waals surface area contributed by atoms with Crippen molar-refractivity contribution in [2.75, 3.05) is 39.3 Å². The summed E-state index contributed by atoms with van der Waals surface area (Å²) in [5, 5.41) is 8.54. The van der Waals surface area contributed by atoms with Crippen LogP contribution in [0.1, 0.15) is 13.3 Å². The summed E-state index contributed by atoms with van der Waals surface area (Å²) in [6, 6.07) is 0. The number of piperazine rings is 1. The molecule has 0 saturated carbocycles. The lowest BCUT2D eigenvalue weighted by molar-refractivity contribution is -0.137. The fourth-order valence-corrected chi connectivity index (χ4v) is 1.62. The lowest BCUT2D eigenvalue weighted by atomic mass is 10.3. The number of carbonyl (C=O) groups excluding carboxylic acids is 1. The number of rotatable bonds is 4. The third kappa shape index (κ3) is 4.06. The fourth-order valence-electron chi connectivity index (χ4n) is 1.62. The van der Waals surface area contributed by atoms with E-state index in [1.807, 2.05) is 4.90 Å². The molecule has 16 heavy (non-hydrogen) atoms. The van der Waals surface area contributed by atoms with Crippen molar-refractivity contribution in [1.29, 1.82) is 0 Å². The molecule has 0 unspecified atom stereocenters. The van der Waals surface area contributed by atoms with Crippen molar-refractivity contribution in [2.45, 2.75) is 13.3 Å². The standard InChI is InChI=1S/C10H18N2O4/c1-2-16-10(15)12-7-5-11(6-8-12)4-3-9(13)14/h2-8H2,1H3,(H,13,14). The predicted octanol–water partition coefficient (Wildman–Crippen LogP) is 0.235. The van der Waals surface area contributed by atoms with Crippen LogP contribution in [0.3, 0.4) is 0 Å². The van der Waals surface area contributed by atoms with E-state index in [0.29, 0.717) is 39.3 Å². The Bertz CT molecular complexity index is 249. The molecule has 1 aliphatic heterocycles. The molecule has 1 fully saturated rings. The third-order valence-electron chi connectivity index (χ3n) is 2.54. The highest BCUT2D eigenvalue weighted by atomic mass is 16.6. The Morgan fingerprint density at radius 1 is 1.25 bits per heavy atom. The highest BCUT2D eigenvalue weighted by molar-refractivity contribution is 5.68. The van der Waals surface area contributed by atoms with E-state index in [2.05, 4.69) is 0 Å². The predicted molar refractivity (Wildman–Crippen MR) is 57.3 cm³/mol. The van der Waals surface area contributed by atoms with E-state index in [1.54, 1.807) is 11.8 Å². The molecule has 6 nitrogen and oxygen atoms in total. The Morgan fingerprint density at radius 2 is 1.88 bits per heavy atom. The van der Waals surface area contributed by atoms with Crippen molar-refractivity contribution in [3.05, 3.63) is 0 Å². The molecular weight excluding hydrogens is 212 g/mol. The minimum absolute atomic E-state index is 0.152. The molecule has 1 N–H and O–H groups in total. The SMILES string of the molecule is CCOC(=O)N1CCN(CCC(=O)O)CC1. The summed E-state index contributed by atoms with van der Waals surface area (Å²) in [5.41, 5.74) is 0. The number of nitrogens with zero attached hydrogens (tertiary/aromatic N) is 2. The maximum atomic E-state index is 11.4. The molecule has 1 aliphatic rings. The molecule has 0 aromatic rings. The molecule has 1 amide bonds. The molecule has 0 aromatic heterocycles. The van der Waals surface area contributed by atoms with Gasteiger partial charge in [-0.3, -0.25) is 9.69 Å². The summed E-state index contributed by atoms with van der Waals surface area (Å²) in [6.45, 7) is 5.36. The van der Waals surface area contributed by atoms with Crippen molar-refractivity contribution in [1.82, 2.24) is 9.80 Å². The maximum Gasteiger partial charge on any atom is 0.409 e. The van der Waals surface area contributed by atoms with Gasteiger partial charge in [-0.2, -0.15) is 0 Å². The van der Waals surface area contributed by atoms with E-state index < -0.39 is 5.97 Å². The number of carbonyl (C=O) groups is 2. The second kappa shape index (κ2) is 6.32. The number of hydrogen-bond donors (Lipinski definition) is 1. The van der Waals surface area contributed by atoms with E-state index in [1.165, 1.54) is 0 Å². The lowest BCUT2D eigenvalue weighted by Crippen LogP contribution is -2.49. The number of amides is 1. The second-order valence-corrected chi connectivity index (χ2v) is 3.67. The number of aliphatic carboxylic acids is 1. The molecule has 0 bridgehead atoms. The molecule has 1 heterocycles. The summed E-state index contributed by atoms with van der Waals surface area (Å²) >= 11 is 0. The fraction of sp³-hybridized carbons (Fsp3) is 0.800. The average Bonchev–Trinajstić information content (AvgIpc) is 2.27. The number of carboxylic acids is 1. The summed E-state index contributed by atoms with van der Waals surface area (Å²) < 4.78 is 4.89. The van der Waals surface area contributed by atoms with Crippen molar-refractivity contribution in [3.8, 4) is 0 Å². The minimum Gasteiger partial charge on any atom is -0.481 e. The first kappa shape index (κ1) is 12.8. The normalized spacial score (nSPS) is 17.2. The van der Waals surface area contributed by atoms with Gasteiger partial charge in [0.05, 0.1) is 13.0 Å². The summed E-state index contributed by atoms with van der Waals surface area (Å²) in [4.78, 5) is 25.4. The zero-order valence-corrected chi connectivity index (χ0v) is 9.52. The molecule has 1 saturated heterocycles. The molecule has 0 spiro atoms. The van der Waals surface area contributed by atoms with E-state index in [4.69, 9.17) is 9.84 Å². The van der Waals surface area contributed by atoms with Gasteiger partial charge in [0.25, 0.3) is 0 Å². The monoisotopic (exact) mass is 230 g/mol. The van der Waals surface area contributed by atoms with E-state index in [0.717, 1.165) is 0 Å². The van der Waals surface area contributed by atoms with Crippen molar-refractivity contribution in [3.63, 3.8) is 0 Å². The number of ether oxygens (including phenoxy) is 1. The van der Waals surface area contributed by atoms with Gasteiger partial charge in [-0.05, 0) is 6.92 Å². The quantitative estimate of drug-likeness (QED) is 0.749. The first-order chi connectivity index (χ1) is 7.63. The van der Waals surface area contributed by atoms with Gasteiger partial charge in [-0.25, -0.2) is 4.79 Å². The van der Waals surface area contributed by atoms with Crippen LogP contribution >= 0.6 is 0 Å². The van der Waals surface area contributed by atoms with Gasteiger partial charge in [0, 0.05) is 32.7 Å². The van der Waals surface area contributed by atoms with Crippen LogP contribution in [-0.2, 0) is 9.53 Å². The summed E-state index contributed by atoms with van der Waals surface area (Å²) in [7, 11) is 0. The highest BCUT2D eigenvalue weighted by Crippen LogP contribution is 2.04. The average molecular weight is 230 g/mol. The lowest BCUT2D eigenvalue weighted by Gasteiger charge is -2.33. The highest BCUT2D eigenvalue weighted by Gasteiger charge is 2.21. The maximum absolute atomic E-state index is 11.4. The molecule has 0 aromatic carbocycles. The smallest absolute Gasteiger partial charge is 0.409 e. The van der Waals surface area contributed by atoms with E-state index in [-0.39, 0.29) is 12.5 Å². The van der Waals surface area contributed by atoms with Crippen LogP contribution in [0.2, 0.25) is 0 Å². The molecule has 0 radical (unpaired) electrons. The Balaban J connectivity index is 2.23. The molecule has 6 heteroatoms. The van der Waals surface area contributed by atoms with Crippen LogP contribution in [-0.4, -0.2) is 66.3 Å². The molecule has 0 atom stereocenters. The summed E-state index contributed by atoms with van der Waals surface area (Å²) in [6.07, 6.45) is -0.125. The second-order valence-electron chi connectivity index (χ2n) is 3.67. The summed E-state index contributed by atoms with van der Waals surface area (Å²) in [5.74, 6) is -0.784. The van der Waals surface area contributed by atoms with Gasteiger partial charge in [0.1, 0.15) is 0 Å². The van der Waals surface area contributed by atoms with Gasteiger partial charge >= 0.3 is 12.1 Å². The number of carboxylic acid groups (broad SMARTS) is 1. The van der Waals surface area contributed by atoms with Crippen LogP contribution in [0.4, 0.5) is 4.79 Å². The molecular formula is C10H18N2O4. The molecule has 92 valence electrons. The zero-order valence-electron chi connectivity index (χ0n) is 9.52. The number of hydrogen-bond acceptors (Lipinski definition) is 4. The topological polar surface area (TPSA) is 70.1 Å². The van der Waals surface area contributed by atoms with Gasteiger partial charge < -0.3 is 14.7 Å². The van der Waals surface area contributed by atoms with Crippen LogP contribution in [0.25, 0.3) is 0 Å². The van der Waals surface area contributed by atoms with Gasteiger partial charge in [-0.15, -0.1) is 0 Å². The van der Waals surface area contributed by atoms with Gasteiger partial charge in [0.2, 0.25) is 0 Å². The van der Waals surface area contributed by atoms with Crippen LogP contribution in [0, 0.1) is 0 Å². The zero-order chi connectivity index (χ0) is 12.0. The van der Waals surface area contributed by atoms with Crippen LogP contribution < -0.4 is 0 Å². The van der Waals surface area contributed by atoms with Gasteiger partial charge in [-0.1, -0.05) is 0 Å². The van der Waals surface area contributed by atoms with Crippen LogP contribution in [0.15, 0.2) is 0 Å². The van der Waals surface area contributed by atoms with Gasteiger partial charge in [0.15, 0.2) is 0 Å². The Labute approximate surface area is 94.8 Å². The Morgan fingerprint density at radius 3 is 2.38 bits per heavy atom.